The van der Waals surface area contributed by atoms with Crippen LogP contribution >= 0.6 is 12.6 Å². The highest BCUT2D eigenvalue weighted by Gasteiger charge is 2.32. The first-order valence-electron chi connectivity index (χ1n) is 8.23. The minimum Gasteiger partial charge on any atom is -0.466 e. The molecule has 8 heteroatoms. The van der Waals surface area contributed by atoms with E-state index in [2.05, 4.69) is 23.3 Å². The molecule has 138 valence electrons. The lowest BCUT2D eigenvalue weighted by Crippen LogP contribution is -2.46. The maximum absolute atomic E-state index is 12.1. The van der Waals surface area contributed by atoms with E-state index < -0.39 is 23.0 Å². The van der Waals surface area contributed by atoms with Crippen LogP contribution in [-0.2, 0) is 19.1 Å². The van der Waals surface area contributed by atoms with E-state index in [4.69, 9.17) is 9.47 Å². The highest BCUT2D eigenvalue weighted by molar-refractivity contribution is 7.81. The van der Waals surface area contributed by atoms with Crippen LogP contribution in [0.15, 0.2) is 0 Å². The standard InChI is InChI=1S/C16H28N2O5S/c1-5-22-13(19)9-12(24)11(8-10-6-7-17-14(10)20)18-15(21)23-16(2,3)4/h10-12,24H,5-9H2,1-4H3,(H,17,20)(H,18,21)/t10-,11-,12-/m0/s1. The molecule has 1 fully saturated rings. The van der Waals surface area contributed by atoms with Crippen LogP contribution in [0.2, 0.25) is 0 Å². The molecule has 7 nitrogen and oxygen atoms in total. The van der Waals surface area contributed by atoms with Crippen LogP contribution in [0.5, 0.6) is 0 Å². The fourth-order valence-electron chi connectivity index (χ4n) is 2.48. The summed E-state index contributed by atoms with van der Waals surface area (Å²) in [5, 5.41) is 5.04. The summed E-state index contributed by atoms with van der Waals surface area (Å²) in [5.41, 5.74) is -0.632. The summed E-state index contributed by atoms with van der Waals surface area (Å²) >= 11 is 4.44. The highest BCUT2D eigenvalue weighted by atomic mass is 32.1. The van der Waals surface area contributed by atoms with Gasteiger partial charge in [0.25, 0.3) is 0 Å². The topological polar surface area (TPSA) is 93.7 Å². The average molecular weight is 360 g/mol. The van der Waals surface area contributed by atoms with Crippen molar-refractivity contribution >= 4 is 30.6 Å². The van der Waals surface area contributed by atoms with Gasteiger partial charge < -0.3 is 20.1 Å². The predicted octanol–water partition coefficient (Wildman–Crippen LogP) is 1.66. The maximum atomic E-state index is 12.1. The van der Waals surface area contributed by atoms with Gasteiger partial charge in [-0.1, -0.05) is 0 Å². The monoisotopic (exact) mass is 360 g/mol. The summed E-state index contributed by atoms with van der Waals surface area (Å²) in [7, 11) is 0. The van der Waals surface area contributed by atoms with Crippen LogP contribution < -0.4 is 10.6 Å². The SMILES string of the molecule is CCOC(=O)C[C@H](S)[C@H](C[C@@H]1CCNC1=O)NC(=O)OC(C)(C)C. The zero-order valence-corrected chi connectivity index (χ0v) is 15.7. The molecule has 0 aromatic rings. The molecule has 1 aliphatic rings. The maximum Gasteiger partial charge on any atom is 0.407 e. The summed E-state index contributed by atoms with van der Waals surface area (Å²) in [6, 6.07) is -0.471. The summed E-state index contributed by atoms with van der Waals surface area (Å²) in [4.78, 5) is 35.5. The number of hydrogen-bond acceptors (Lipinski definition) is 6. The molecule has 2 N–H and O–H groups in total. The first kappa shape index (κ1) is 20.6. The molecule has 2 amide bonds. The van der Waals surface area contributed by atoms with Gasteiger partial charge in [-0.25, -0.2) is 4.79 Å². The van der Waals surface area contributed by atoms with Crippen molar-refractivity contribution in [3.05, 3.63) is 0 Å². The number of esters is 1. The molecule has 0 saturated carbocycles. The molecule has 0 unspecified atom stereocenters. The molecule has 0 aliphatic carbocycles. The Bertz CT molecular complexity index is 464. The van der Waals surface area contributed by atoms with Gasteiger partial charge in [0.05, 0.1) is 13.0 Å². The molecule has 0 aromatic carbocycles. The molecule has 3 atom stereocenters. The van der Waals surface area contributed by atoms with Gasteiger partial charge in [0.1, 0.15) is 5.60 Å². The smallest absolute Gasteiger partial charge is 0.407 e. The van der Waals surface area contributed by atoms with E-state index in [-0.39, 0.29) is 30.8 Å². The number of amides is 2. The third-order valence-corrected chi connectivity index (χ3v) is 4.09. The third-order valence-electron chi connectivity index (χ3n) is 3.55. The van der Waals surface area contributed by atoms with Crippen molar-refractivity contribution in [3.8, 4) is 0 Å². The lowest BCUT2D eigenvalue weighted by atomic mass is 9.95. The Balaban J connectivity index is 2.72. The van der Waals surface area contributed by atoms with Crippen molar-refractivity contribution in [3.63, 3.8) is 0 Å². The Kier molecular flexibility index (Phi) is 7.86. The molecule has 0 radical (unpaired) electrons. The molecule has 0 aromatic heterocycles. The second-order valence-electron chi connectivity index (χ2n) is 6.84. The zero-order chi connectivity index (χ0) is 18.3. The van der Waals surface area contributed by atoms with Crippen LogP contribution in [-0.4, -0.2) is 48.0 Å². The number of carbonyl (C=O) groups excluding carboxylic acids is 3. The van der Waals surface area contributed by atoms with E-state index in [1.807, 2.05) is 0 Å². The fraction of sp³-hybridized carbons (Fsp3) is 0.812. The number of nitrogens with one attached hydrogen (secondary N) is 2. The molecular weight excluding hydrogens is 332 g/mol. The van der Waals surface area contributed by atoms with Gasteiger partial charge in [0.15, 0.2) is 0 Å². The van der Waals surface area contributed by atoms with Gasteiger partial charge in [-0.05, 0) is 40.5 Å². The number of hydrogen-bond donors (Lipinski definition) is 3. The minimum atomic E-state index is -0.632. The van der Waals surface area contributed by atoms with E-state index in [1.54, 1.807) is 27.7 Å². The normalized spacial score (nSPS) is 20.0. The number of carbonyl (C=O) groups is 3. The number of rotatable bonds is 7. The summed E-state index contributed by atoms with van der Waals surface area (Å²) in [5.74, 6) is -0.631. The first-order chi connectivity index (χ1) is 11.1. The fourth-order valence-corrected chi connectivity index (χ4v) is 2.83. The van der Waals surface area contributed by atoms with E-state index >= 15 is 0 Å². The molecule has 0 bridgehead atoms. The first-order valence-corrected chi connectivity index (χ1v) is 8.75. The summed E-state index contributed by atoms with van der Waals surface area (Å²) in [6.07, 6.45) is 0.559. The Morgan fingerprint density at radius 3 is 2.58 bits per heavy atom. The molecule has 0 spiro atoms. The van der Waals surface area contributed by atoms with Crippen LogP contribution in [0, 0.1) is 5.92 Å². The largest absolute Gasteiger partial charge is 0.466 e. The Morgan fingerprint density at radius 1 is 1.42 bits per heavy atom. The average Bonchev–Trinajstić information content (AvgIpc) is 2.81. The predicted molar refractivity (Wildman–Crippen MR) is 92.9 cm³/mol. The second kappa shape index (κ2) is 9.15. The van der Waals surface area contributed by atoms with Crippen LogP contribution in [0.1, 0.15) is 47.0 Å². The Hall–Kier alpha value is -1.44. The Labute approximate surface area is 148 Å². The third kappa shape index (κ3) is 7.42. The van der Waals surface area contributed by atoms with Crippen LogP contribution in [0.25, 0.3) is 0 Å². The minimum absolute atomic E-state index is 0.0392. The number of thiol groups is 1. The van der Waals surface area contributed by atoms with E-state index in [9.17, 15) is 14.4 Å². The van der Waals surface area contributed by atoms with Crippen molar-refractivity contribution in [2.75, 3.05) is 13.2 Å². The number of ether oxygens (including phenoxy) is 2. The Morgan fingerprint density at radius 2 is 2.08 bits per heavy atom. The summed E-state index contributed by atoms with van der Waals surface area (Å²) in [6.45, 7) is 7.94. The molecule has 1 rings (SSSR count). The van der Waals surface area contributed by atoms with E-state index in [0.29, 0.717) is 19.4 Å². The lowest BCUT2D eigenvalue weighted by Gasteiger charge is -2.28. The molecular formula is C16H28N2O5S. The van der Waals surface area contributed by atoms with Crippen molar-refractivity contribution in [1.82, 2.24) is 10.6 Å². The zero-order valence-electron chi connectivity index (χ0n) is 14.8. The van der Waals surface area contributed by atoms with Crippen molar-refractivity contribution in [1.29, 1.82) is 0 Å². The van der Waals surface area contributed by atoms with Crippen molar-refractivity contribution in [2.45, 2.75) is 63.9 Å². The van der Waals surface area contributed by atoms with Gasteiger partial charge >= 0.3 is 12.1 Å². The molecule has 1 aliphatic heterocycles. The van der Waals surface area contributed by atoms with Gasteiger partial charge in [-0.3, -0.25) is 9.59 Å². The van der Waals surface area contributed by atoms with Gasteiger partial charge in [-0.2, -0.15) is 12.6 Å². The van der Waals surface area contributed by atoms with E-state index in [1.165, 1.54) is 0 Å². The van der Waals surface area contributed by atoms with Gasteiger partial charge in [-0.15, -0.1) is 0 Å². The molecule has 24 heavy (non-hydrogen) atoms. The quantitative estimate of drug-likeness (QED) is 0.474. The van der Waals surface area contributed by atoms with E-state index in [0.717, 1.165) is 0 Å². The van der Waals surface area contributed by atoms with Crippen LogP contribution in [0.3, 0.4) is 0 Å². The van der Waals surface area contributed by atoms with Crippen molar-refractivity contribution in [2.24, 2.45) is 5.92 Å². The van der Waals surface area contributed by atoms with Crippen molar-refractivity contribution < 1.29 is 23.9 Å². The van der Waals surface area contributed by atoms with Crippen LogP contribution in [0.4, 0.5) is 4.79 Å². The molecule has 1 saturated heterocycles. The molecule has 1 heterocycles. The second-order valence-corrected chi connectivity index (χ2v) is 7.50. The van der Waals surface area contributed by atoms with Gasteiger partial charge in [0, 0.05) is 23.8 Å². The van der Waals surface area contributed by atoms with Gasteiger partial charge in [0.2, 0.25) is 5.91 Å². The number of alkyl carbamates (subject to hydrolysis) is 1. The highest BCUT2D eigenvalue weighted by Crippen LogP contribution is 2.22. The lowest BCUT2D eigenvalue weighted by molar-refractivity contribution is -0.143. The summed E-state index contributed by atoms with van der Waals surface area (Å²) < 4.78 is 10.2.